The van der Waals surface area contributed by atoms with E-state index in [1.165, 1.54) is 12.1 Å². The summed E-state index contributed by atoms with van der Waals surface area (Å²) in [5, 5.41) is 5.54. The van der Waals surface area contributed by atoms with Crippen molar-refractivity contribution in [1.29, 1.82) is 0 Å². The van der Waals surface area contributed by atoms with E-state index in [2.05, 4.69) is 9.82 Å². The number of nitrogens with one attached hydrogen (secondary N) is 1. The van der Waals surface area contributed by atoms with Crippen LogP contribution in [0.25, 0.3) is 0 Å². The van der Waals surface area contributed by atoms with Crippen molar-refractivity contribution in [3.8, 4) is 0 Å². The zero-order valence-corrected chi connectivity index (χ0v) is 18.5. The molecule has 0 aliphatic rings. The highest BCUT2D eigenvalue weighted by atomic mass is 35.5. The van der Waals surface area contributed by atoms with Crippen LogP contribution in [0.2, 0.25) is 15.1 Å². The lowest BCUT2D eigenvalue weighted by Crippen LogP contribution is -2.15. The van der Waals surface area contributed by atoms with Gasteiger partial charge < -0.3 is 0 Å². The maximum atomic E-state index is 12.9. The normalized spacial score (nSPS) is 11.6. The molecule has 1 aromatic heterocycles. The maximum absolute atomic E-state index is 12.9. The molecule has 1 heterocycles. The lowest BCUT2D eigenvalue weighted by molar-refractivity contribution is 0.601. The van der Waals surface area contributed by atoms with Crippen LogP contribution in [-0.4, -0.2) is 18.2 Å². The Bertz CT molecular complexity index is 1160. The summed E-state index contributed by atoms with van der Waals surface area (Å²) in [5.74, 6) is 0. The van der Waals surface area contributed by atoms with Gasteiger partial charge in [-0.15, -0.1) is 0 Å². The molecule has 28 heavy (non-hydrogen) atoms. The lowest BCUT2D eigenvalue weighted by Gasteiger charge is -2.12. The third-order valence-electron chi connectivity index (χ3n) is 4.40. The Morgan fingerprint density at radius 3 is 2.36 bits per heavy atom. The van der Waals surface area contributed by atoms with Gasteiger partial charge in [0.05, 0.1) is 28.6 Å². The number of nitrogens with zero attached hydrogens (tertiary/aromatic N) is 2. The number of aryl methyl sites for hydroxylation is 2. The van der Waals surface area contributed by atoms with E-state index in [1.54, 1.807) is 31.5 Å². The van der Waals surface area contributed by atoms with Crippen LogP contribution in [0.3, 0.4) is 0 Å². The molecule has 0 fully saturated rings. The van der Waals surface area contributed by atoms with Crippen molar-refractivity contribution in [3.63, 3.8) is 0 Å². The maximum Gasteiger partial charge on any atom is 0.263 e. The SMILES string of the molecule is Cc1cc(S(=O)(=O)Nc2c(C)nn(Cc3ccccc3Cl)c2C)c(Cl)cc1Cl. The van der Waals surface area contributed by atoms with E-state index in [9.17, 15) is 8.42 Å². The van der Waals surface area contributed by atoms with Gasteiger partial charge in [-0.3, -0.25) is 9.40 Å². The quantitative estimate of drug-likeness (QED) is 0.540. The third-order valence-corrected chi connectivity index (χ3v) is 6.99. The largest absolute Gasteiger partial charge is 0.276 e. The molecule has 2 aromatic carbocycles. The first-order valence-electron chi connectivity index (χ1n) is 8.36. The first-order chi connectivity index (χ1) is 13.1. The Hall–Kier alpha value is -1.73. The minimum atomic E-state index is -3.92. The fourth-order valence-electron chi connectivity index (χ4n) is 2.81. The van der Waals surface area contributed by atoms with Gasteiger partial charge in [-0.1, -0.05) is 53.0 Å². The highest BCUT2D eigenvalue weighted by molar-refractivity contribution is 7.92. The van der Waals surface area contributed by atoms with E-state index in [-0.39, 0.29) is 9.92 Å². The average molecular weight is 459 g/mol. The zero-order chi connectivity index (χ0) is 20.6. The van der Waals surface area contributed by atoms with E-state index < -0.39 is 10.0 Å². The van der Waals surface area contributed by atoms with E-state index in [1.807, 2.05) is 18.2 Å². The van der Waals surface area contributed by atoms with Gasteiger partial charge in [-0.05, 0) is 50.1 Å². The van der Waals surface area contributed by atoms with Gasteiger partial charge in [-0.25, -0.2) is 8.42 Å². The molecule has 9 heteroatoms. The second-order valence-electron chi connectivity index (χ2n) is 6.43. The number of aromatic nitrogens is 2. The number of sulfonamides is 1. The number of hydrogen-bond donors (Lipinski definition) is 1. The van der Waals surface area contributed by atoms with E-state index in [0.29, 0.717) is 39.2 Å². The van der Waals surface area contributed by atoms with Crippen LogP contribution in [0.5, 0.6) is 0 Å². The van der Waals surface area contributed by atoms with Crippen LogP contribution >= 0.6 is 34.8 Å². The van der Waals surface area contributed by atoms with E-state index in [0.717, 1.165) is 5.56 Å². The van der Waals surface area contributed by atoms with Gasteiger partial charge >= 0.3 is 0 Å². The highest BCUT2D eigenvalue weighted by Gasteiger charge is 2.23. The fraction of sp³-hybridized carbons (Fsp3) is 0.211. The van der Waals surface area contributed by atoms with Crippen molar-refractivity contribution in [3.05, 3.63) is 74.0 Å². The topological polar surface area (TPSA) is 64.0 Å². The van der Waals surface area contributed by atoms with Crippen molar-refractivity contribution in [1.82, 2.24) is 9.78 Å². The van der Waals surface area contributed by atoms with E-state index in [4.69, 9.17) is 34.8 Å². The molecule has 0 amide bonds. The van der Waals surface area contributed by atoms with Crippen LogP contribution in [0.15, 0.2) is 41.3 Å². The molecule has 0 saturated carbocycles. The summed E-state index contributed by atoms with van der Waals surface area (Å²) in [6.07, 6.45) is 0. The minimum absolute atomic E-state index is 0.0336. The van der Waals surface area contributed by atoms with Crippen molar-refractivity contribution in [2.45, 2.75) is 32.2 Å². The van der Waals surface area contributed by atoms with Crippen LogP contribution in [0, 0.1) is 20.8 Å². The molecule has 3 aromatic rings. The number of benzene rings is 2. The Kier molecular flexibility index (Phi) is 5.96. The second kappa shape index (κ2) is 7.95. The predicted molar refractivity (Wildman–Crippen MR) is 114 cm³/mol. The first-order valence-corrected chi connectivity index (χ1v) is 11.0. The molecule has 0 bridgehead atoms. The smallest absolute Gasteiger partial charge is 0.263 e. The molecule has 0 saturated heterocycles. The molecular formula is C19H18Cl3N3O2S. The third kappa shape index (κ3) is 4.15. The van der Waals surface area contributed by atoms with Crippen molar-refractivity contribution >= 4 is 50.5 Å². The van der Waals surface area contributed by atoms with Gasteiger partial charge in [0.1, 0.15) is 4.90 Å². The molecule has 148 valence electrons. The van der Waals surface area contributed by atoms with Crippen molar-refractivity contribution < 1.29 is 8.42 Å². The van der Waals surface area contributed by atoms with Crippen LogP contribution < -0.4 is 4.72 Å². The summed E-state index contributed by atoms with van der Waals surface area (Å²) >= 11 is 18.4. The van der Waals surface area contributed by atoms with Crippen molar-refractivity contribution in [2.24, 2.45) is 0 Å². The first kappa shape index (κ1) is 21.0. The molecule has 0 aliphatic heterocycles. The van der Waals surface area contributed by atoms with Gasteiger partial charge in [0.25, 0.3) is 10.0 Å². The monoisotopic (exact) mass is 457 g/mol. The molecule has 0 aliphatic carbocycles. The predicted octanol–water partition coefficient (Wildman–Crippen LogP) is 5.62. The van der Waals surface area contributed by atoms with Crippen LogP contribution in [0.1, 0.15) is 22.5 Å². The zero-order valence-electron chi connectivity index (χ0n) is 15.4. The van der Waals surface area contributed by atoms with Gasteiger partial charge in [0.2, 0.25) is 0 Å². The highest BCUT2D eigenvalue weighted by Crippen LogP contribution is 2.31. The molecule has 5 nitrogen and oxygen atoms in total. The number of anilines is 1. The minimum Gasteiger partial charge on any atom is -0.276 e. The molecule has 0 unspecified atom stereocenters. The molecule has 3 rings (SSSR count). The van der Waals surface area contributed by atoms with Crippen LogP contribution in [0.4, 0.5) is 5.69 Å². The Morgan fingerprint density at radius 2 is 1.68 bits per heavy atom. The summed E-state index contributed by atoms with van der Waals surface area (Å²) in [4.78, 5) is -0.0336. The number of rotatable bonds is 5. The standard InChI is InChI=1S/C19H18Cl3N3O2S/c1-11-8-18(17(22)9-16(11)21)28(26,27)24-19-12(2)23-25(13(19)3)10-14-6-4-5-7-15(14)20/h4-9,24H,10H2,1-3H3. The lowest BCUT2D eigenvalue weighted by atomic mass is 10.2. The molecule has 1 N–H and O–H groups in total. The number of halogens is 3. The van der Waals surface area contributed by atoms with Crippen molar-refractivity contribution in [2.75, 3.05) is 4.72 Å². The second-order valence-corrected chi connectivity index (χ2v) is 9.30. The molecule has 0 spiro atoms. The summed E-state index contributed by atoms with van der Waals surface area (Å²) in [5.41, 5.74) is 3.14. The Balaban J connectivity index is 1.96. The summed E-state index contributed by atoms with van der Waals surface area (Å²) in [6.45, 7) is 5.68. The Labute approximate surface area is 179 Å². The fourth-order valence-corrected chi connectivity index (χ4v) is 5.02. The van der Waals surface area contributed by atoms with Gasteiger partial charge in [0.15, 0.2) is 0 Å². The number of hydrogen-bond acceptors (Lipinski definition) is 3. The summed E-state index contributed by atoms with van der Waals surface area (Å²) < 4.78 is 30.1. The molecule has 0 radical (unpaired) electrons. The average Bonchev–Trinajstić information content (AvgIpc) is 2.87. The molecule has 0 atom stereocenters. The molecular weight excluding hydrogens is 441 g/mol. The summed E-state index contributed by atoms with van der Waals surface area (Å²) in [6, 6.07) is 10.3. The summed E-state index contributed by atoms with van der Waals surface area (Å²) in [7, 11) is -3.92. The van der Waals surface area contributed by atoms with Gasteiger partial charge in [-0.2, -0.15) is 5.10 Å². The van der Waals surface area contributed by atoms with Gasteiger partial charge in [0, 0.05) is 10.0 Å². The van der Waals surface area contributed by atoms with E-state index >= 15 is 0 Å². The van der Waals surface area contributed by atoms with Crippen LogP contribution in [-0.2, 0) is 16.6 Å². The Morgan fingerprint density at radius 1 is 1.00 bits per heavy atom.